The van der Waals surface area contributed by atoms with Crippen LogP contribution in [0.2, 0.25) is 0 Å². The predicted molar refractivity (Wildman–Crippen MR) is 62.4 cm³/mol. The number of nitrogens with two attached hydrogens (primary N) is 1. The highest BCUT2D eigenvalue weighted by Crippen LogP contribution is 2.31. The van der Waals surface area contributed by atoms with Gasteiger partial charge in [-0.15, -0.1) is 0 Å². The minimum Gasteiger partial charge on any atom is -0.382 e. The summed E-state index contributed by atoms with van der Waals surface area (Å²) in [5.74, 6) is 0.765. The van der Waals surface area contributed by atoms with Gasteiger partial charge in [-0.05, 0) is 38.5 Å². The Morgan fingerprint density at radius 3 is 2.75 bits per heavy atom. The first-order chi connectivity index (χ1) is 7.86. The lowest BCUT2D eigenvalue weighted by atomic mass is 9.96. The molecule has 1 fully saturated rings. The molecular formula is C12H19N3O. The predicted octanol–water partition coefficient (Wildman–Crippen LogP) is 1.70. The average Bonchev–Trinajstić information content (AvgIpc) is 2.69. The lowest BCUT2D eigenvalue weighted by molar-refractivity contribution is 0.0654. The van der Waals surface area contributed by atoms with Crippen LogP contribution in [0.1, 0.15) is 43.0 Å². The molecule has 1 aliphatic heterocycles. The molecule has 4 nitrogen and oxygen atoms in total. The van der Waals surface area contributed by atoms with Crippen molar-refractivity contribution in [2.45, 2.75) is 44.6 Å². The van der Waals surface area contributed by atoms with E-state index < -0.39 is 0 Å². The summed E-state index contributed by atoms with van der Waals surface area (Å²) >= 11 is 0. The zero-order valence-electron chi connectivity index (χ0n) is 9.61. The summed E-state index contributed by atoms with van der Waals surface area (Å²) in [5.41, 5.74) is 8.72. The maximum atomic E-state index is 6.01. The molecule has 16 heavy (non-hydrogen) atoms. The second-order valence-corrected chi connectivity index (χ2v) is 4.81. The van der Waals surface area contributed by atoms with Gasteiger partial charge in [-0.1, -0.05) is 0 Å². The highest BCUT2D eigenvalue weighted by Gasteiger charge is 2.24. The highest BCUT2D eigenvalue weighted by molar-refractivity contribution is 5.44. The van der Waals surface area contributed by atoms with Crippen molar-refractivity contribution in [1.82, 2.24) is 9.78 Å². The van der Waals surface area contributed by atoms with Gasteiger partial charge < -0.3 is 10.5 Å². The molecule has 3 rings (SSSR count). The number of anilines is 1. The van der Waals surface area contributed by atoms with Crippen LogP contribution in [0.5, 0.6) is 0 Å². The zero-order valence-corrected chi connectivity index (χ0v) is 9.61. The number of nitrogens with zero attached hydrogens (tertiary/aromatic N) is 2. The molecule has 0 atom stereocenters. The smallest absolute Gasteiger partial charge is 0.148 e. The summed E-state index contributed by atoms with van der Waals surface area (Å²) in [6.45, 7) is 1.72. The van der Waals surface area contributed by atoms with Gasteiger partial charge in [0, 0.05) is 24.5 Å². The van der Waals surface area contributed by atoms with Gasteiger partial charge in [0.2, 0.25) is 0 Å². The maximum Gasteiger partial charge on any atom is 0.148 e. The molecule has 0 spiro atoms. The van der Waals surface area contributed by atoms with Crippen molar-refractivity contribution in [3.63, 3.8) is 0 Å². The molecule has 1 aromatic rings. The third-order valence-electron chi connectivity index (χ3n) is 3.78. The number of nitrogen functional groups attached to an aromatic ring is 1. The first kappa shape index (κ1) is 10.1. The molecule has 0 saturated carbocycles. The summed E-state index contributed by atoms with van der Waals surface area (Å²) in [5, 5.41) is 4.55. The topological polar surface area (TPSA) is 53.1 Å². The van der Waals surface area contributed by atoms with Gasteiger partial charge in [0.05, 0.1) is 6.04 Å². The van der Waals surface area contributed by atoms with E-state index in [1.54, 1.807) is 0 Å². The normalized spacial score (nSPS) is 22.0. The van der Waals surface area contributed by atoms with Crippen molar-refractivity contribution in [3.8, 4) is 0 Å². The van der Waals surface area contributed by atoms with Crippen LogP contribution >= 0.6 is 0 Å². The quantitative estimate of drug-likeness (QED) is 0.785. The van der Waals surface area contributed by atoms with Crippen molar-refractivity contribution in [1.29, 1.82) is 0 Å². The van der Waals surface area contributed by atoms with E-state index in [1.807, 2.05) is 0 Å². The molecule has 1 aliphatic carbocycles. The first-order valence-electron chi connectivity index (χ1n) is 6.30. The monoisotopic (exact) mass is 221 g/mol. The van der Waals surface area contributed by atoms with Gasteiger partial charge in [-0.2, -0.15) is 5.10 Å². The molecule has 4 heteroatoms. The molecule has 0 unspecified atom stereocenters. The fourth-order valence-corrected chi connectivity index (χ4v) is 2.89. The van der Waals surface area contributed by atoms with Gasteiger partial charge >= 0.3 is 0 Å². The first-order valence-corrected chi connectivity index (χ1v) is 6.30. The Hall–Kier alpha value is -1.03. The highest BCUT2D eigenvalue weighted by atomic mass is 16.5. The van der Waals surface area contributed by atoms with Crippen LogP contribution in [0, 0.1) is 0 Å². The number of rotatable bonds is 1. The molecule has 1 saturated heterocycles. The molecule has 0 amide bonds. The van der Waals surface area contributed by atoms with E-state index >= 15 is 0 Å². The Kier molecular flexibility index (Phi) is 2.59. The van der Waals surface area contributed by atoms with E-state index in [0.29, 0.717) is 6.04 Å². The number of aromatic nitrogens is 2. The SMILES string of the molecule is Nc1nn(C2CCOCC2)c2c1CCCC2. The third kappa shape index (κ3) is 1.61. The lowest BCUT2D eigenvalue weighted by Gasteiger charge is -2.25. The fraction of sp³-hybridized carbons (Fsp3) is 0.750. The van der Waals surface area contributed by atoms with Crippen LogP contribution < -0.4 is 5.73 Å². The molecular weight excluding hydrogens is 202 g/mol. The second kappa shape index (κ2) is 4.09. The number of hydrogen-bond donors (Lipinski definition) is 1. The molecule has 88 valence electrons. The Balaban J connectivity index is 1.93. The van der Waals surface area contributed by atoms with Crippen LogP contribution in [0.25, 0.3) is 0 Å². The van der Waals surface area contributed by atoms with Crippen LogP contribution in [-0.2, 0) is 17.6 Å². The van der Waals surface area contributed by atoms with E-state index in [2.05, 4.69) is 9.78 Å². The van der Waals surface area contributed by atoms with E-state index in [4.69, 9.17) is 10.5 Å². The van der Waals surface area contributed by atoms with Gasteiger partial charge in [-0.25, -0.2) is 0 Å². The zero-order chi connectivity index (χ0) is 11.0. The Morgan fingerprint density at radius 1 is 1.19 bits per heavy atom. The van der Waals surface area contributed by atoms with Crippen molar-refractivity contribution < 1.29 is 4.74 Å². The Morgan fingerprint density at radius 2 is 1.94 bits per heavy atom. The molecule has 0 aromatic carbocycles. The maximum absolute atomic E-state index is 6.01. The largest absolute Gasteiger partial charge is 0.382 e. The van der Waals surface area contributed by atoms with Gasteiger partial charge in [0.25, 0.3) is 0 Å². The standard InChI is InChI=1S/C12H19N3O/c13-12-10-3-1-2-4-11(10)15(14-12)9-5-7-16-8-6-9/h9H,1-8H2,(H2,13,14). The van der Waals surface area contributed by atoms with E-state index in [1.165, 1.54) is 24.1 Å². The summed E-state index contributed by atoms with van der Waals surface area (Å²) in [7, 11) is 0. The summed E-state index contributed by atoms with van der Waals surface area (Å²) < 4.78 is 7.60. The fourth-order valence-electron chi connectivity index (χ4n) is 2.89. The minimum atomic E-state index is 0.512. The Labute approximate surface area is 95.8 Å². The van der Waals surface area contributed by atoms with E-state index in [-0.39, 0.29) is 0 Å². The van der Waals surface area contributed by atoms with E-state index in [9.17, 15) is 0 Å². The van der Waals surface area contributed by atoms with Gasteiger partial charge in [0.15, 0.2) is 0 Å². The third-order valence-corrected chi connectivity index (χ3v) is 3.78. The van der Waals surface area contributed by atoms with Crippen LogP contribution in [0.4, 0.5) is 5.82 Å². The Bertz CT molecular complexity index is 380. The number of ether oxygens (including phenoxy) is 1. The molecule has 0 radical (unpaired) electrons. The van der Waals surface area contributed by atoms with Crippen molar-refractivity contribution >= 4 is 5.82 Å². The van der Waals surface area contributed by atoms with Crippen LogP contribution in [-0.4, -0.2) is 23.0 Å². The van der Waals surface area contributed by atoms with Gasteiger partial charge in [-0.3, -0.25) is 4.68 Å². The van der Waals surface area contributed by atoms with Crippen LogP contribution in [0.15, 0.2) is 0 Å². The second-order valence-electron chi connectivity index (χ2n) is 4.81. The van der Waals surface area contributed by atoms with Crippen LogP contribution in [0.3, 0.4) is 0 Å². The molecule has 0 bridgehead atoms. The number of hydrogen-bond acceptors (Lipinski definition) is 3. The van der Waals surface area contributed by atoms with Crippen molar-refractivity contribution in [2.75, 3.05) is 18.9 Å². The summed E-state index contributed by atoms with van der Waals surface area (Å²) in [4.78, 5) is 0. The van der Waals surface area contributed by atoms with Gasteiger partial charge in [0.1, 0.15) is 5.82 Å². The minimum absolute atomic E-state index is 0.512. The number of fused-ring (bicyclic) bond motifs is 1. The summed E-state index contributed by atoms with van der Waals surface area (Å²) in [6, 6.07) is 0.512. The molecule has 2 N–H and O–H groups in total. The lowest BCUT2D eigenvalue weighted by Crippen LogP contribution is -2.22. The molecule has 1 aromatic heterocycles. The van der Waals surface area contributed by atoms with Crippen molar-refractivity contribution in [3.05, 3.63) is 11.3 Å². The molecule has 2 aliphatic rings. The average molecular weight is 221 g/mol. The molecule has 2 heterocycles. The van der Waals surface area contributed by atoms with Crippen molar-refractivity contribution in [2.24, 2.45) is 0 Å². The van der Waals surface area contributed by atoms with E-state index in [0.717, 1.165) is 44.7 Å². The summed E-state index contributed by atoms with van der Waals surface area (Å²) in [6.07, 6.45) is 6.96.